The first-order chi connectivity index (χ1) is 22.9. The maximum atomic E-state index is 13.5. The van der Waals surface area contributed by atoms with E-state index in [9.17, 15) is 19.2 Å². The summed E-state index contributed by atoms with van der Waals surface area (Å²) in [7, 11) is 1.64. The number of hydrogen-bond acceptors (Lipinski definition) is 8. The molecule has 0 saturated carbocycles. The minimum atomic E-state index is -0.854. The van der Waals surface area contributed by atoms with Crippen molar-refractivity contribution in [3.63, 3.8) is 0 Å². The Labute approximate surface area is 276 Å². The van der Waals surface area contributed by atoms with Gasteiger partial charge in [0.15, 0.2) is 6.61 Å². The van der Waals surface area contributed by atoms with Crippen LogP contribution in [0.3, 0.4) is 0 Å². The lowest BCUT2D eigenvalue weighted by Gasteiger charge is -2.28. The molecular weight excluding hydrogens is 602 g/mol. The second-order valence-electron chi connectivity index (χ2n) is 12.4. The van der Waals surface area contributed by atoms with Gasteiger partial charge in [-0.05, 0) is 54.5 Å². The Kier molecular flexibility index (Phi) is 12.6. The van der Waals surface area contributed by atoms with Crippen LogP contribution in [0.2, 0.25) is 0 Å². The van der Waals surface area contributed by atoms with Gasteiger partial charge in [-0.1, -0.05) is 36.4 Å². The highest BCUT2D eigenvalue weighted by atomic mass is 16.5. The molecule has 2 atom stereocenters. The average molecular weight is 650 g/mol. The molecule has 3 N–H and O–H groups in total. The number of likely N-dealkylation sites (tertiary alicyclic amines) is 1. The summed E-state index contributed by atoms with van der Waals surface area (Å²) in [5.41, 5.74) is 2.49. The normalized spacial score (nSPS) is 21.3. The van der Waals surface area contributed by atoms with Gasteiger partial charge in [-0.15, -0.1) is 0 Å². The average Bonchev–Trinajstić information content (AvgIpc) is 3.55. The Hall–Kier alpha value is -4.00. The summed E-state index contributed by atoms with van der Waals surface area (Å²) in [4.78, 5) is 56.3. The van der Waals surface area contributed by atoms with Crippen molar-refractivity contribution in [2.75, 3.05) is 59.7 Å². The molecule has 12 heteroatoms. The van der Waals surface area contributed by atoms with E-state index >= 15 is 0 Å². The predicted octanol–water partition coefficient (Wildman–Crippen LogP) is 1.20. The third kappa shape index (κ3) is 9.99. The van der Waals surface area contributed by atoms with Crippen LogP contribution in [0.25, 0.3) is 0 Å². The Morgan fingerprint density at radius 3 is 2.55 bits per heavy atom. The van der Waals surface area contributed by atoms with Gasteiger partial charge in [0.05, 0.1) is 25.6 Å². The van der Waals surface area contributed by atoms with Gasteiger partial charge >= 0.3 is 0 Å². The number of carbonyl (C=O) groups excluding carboxylic acids is 4. The first kappa shape index (κ1) is 34.3. The number of nitrogens with zero attached hydrogens (tertiary/aromatic N) is 2. The molecule has 2 aromatic carbocycles. The quantitative estimate of drug-likeness (QED) is 0.330. The molecule has 254 valence electrons. The SMILES string of the molecule is COC[C@H]1CCCN1C(=O)COc1ccc(C[C@@H]2NC(=O)CN(CCNC3CCOCC3)C(=O)Cc3ccccc3CNC2=O)cc1. The molecule has 2 aromatic rings. The number of carbonyl (C=O) groups is 4. The molecule has 2 fully saturated rings. The molecule has 0 unspecified atom stereocenters. The van der Waals surface area contributed by atoms with E-state index < -0.39 is 11.9 Å². The van der Waals surface area contributed by atoms with Crippen molar-refractivity contribution < 1.29 is 33.4 Å². The smallest absolute Gasteiger partial charge is 0.260 e. The van der Waals surface area contributed by atoms with Crippen LogP contribution in [-0.4, -0.2) is 111 Å². The Bertz CT molecular complexity index is 1360. The summed E-state index contributed by atoms with van der Waals surface area (Å²) in [6.07, 6.45) is 4.09. The number of benzene rings is 2. The molecule has 0 radical (unpaired) electrons. The number of fused-ring (bicyclic) bond motifs is 1. The van der Waals surface area contributed by atoms with Crippen molar-refractivity contribution in [3.8, 4) is 5.75 Å². The van der Waals surface area contributed by atoms with Gasteiger partial charge in [0.2, 0.25) is 17.7 Å². The summed E-state index contributed by atoms with van der Waals surface area (Å²) in [6, 6.07) is 14.3. The van der Waals surface area contributed by atoms with E-state index in [1.807, 2.05) is 41.3 Å². The molecule has 3 aliphatic rings. The Morgan fingerprint density at radius 2 is 1.79 bits per heavy atom. The van der Waals surface area contributed by atoms with E-state index in [0.717, 1.165) is 42.4 Å². The van der Waals surface area contributed by atoms with Crippen molar-refractivity contribution in [1.29, 1.82) is 0 Å². The highest BCUT2D eigenvalue weighted by Crippen LogP contribution is 2.19. The first-order valence-corrected chi connectivity index (χ1v) is 16.6. The van der Waals surface area contributed by atoms with Crippen LogP contribution in [0, 0.1) is 0 Å². The molecule has 2 saturated heterocycles. The molecule has 0 aliphatic carbocycles. The predicted molar refractivity (Wildman–Crippen MR) is 175 cm³/mol. The zero-order valence-electron chi connectivity index (χ0n) is 27.2. The highest BCUT2D eigenvalue weighted by Gasteiger charge is 2.29. The summed E-state index contributed by atoms with van der Waals surface area (Å²) in [6.45, 7) is 3.60. The molecule has 4 amide bonds. The largest absolute Gasteiger partial charge is 0.484 e. The lowest BCUT2D eigenvalue weighted by molar-refractivity contribution is -0.136. The third-order valence-electron chi connectivity index (χ3n) is 9.07. The number of nitrogens with one attached hydrogen (secondary N) is 3. The molecule has 3 aliphatic heterocycles. The van der Waals surface area contributed by atoms with Crippen LogP contribution in [0.5, 0.6) is 5.75 Å². The standard InChI is InChI=1S/C35H47N5O7/c1-45-23-29-7-4-15-40(29)34(43)24-47-30-10-8-25(9-11-30)19-31-35(44)37-21-27-6-3-2-5-26(27)20-33(42)39(22-32(41)38-31)16-14-36-28-12-17-46-18-13-28/h2-3,5-6,8-11,28-29,31,36H,4,7,12-24H2,1H3,(H,37,44)(H,38,41)/t29-,31+/m1/s1. The van der Waals surface area contributed by atoms with Gasteiger partial charge in [0, 0.05) is 59.0 Å². The first-order valence-electron chi connectivity index (χ1n) is 16.6. The van der Waals surface area contributed by atoms with Crippen molar-refractivity contribution in [3.05, 3.63) is 65.2 Å². The third-order valence-corrected chi connectivity index (χ3v) is 9.07. The van der Waals surface area contributed by atoms with Crippen LogP contribution in [-0.2, 0) is 48.0 Å². The van der Waals surface area contributed by atoms with Crippen molar-refractivity contribution in [2.45, 2.75) is 63.2 Å². The lowest BCUT2D eigenvalue weighted by atomic mass is 10.0. The fraction of sp³-hybridized carbons (Fsp3) is 0.543. The lowest BCUT2D eigenvalue weighted by Crippen LogP contribution is -2.52. The number of ether oxygens (including phenoxy) is 3. The number of hydrogen-bond donors (Lipinski definition) is 3. The minimum Gasteiger partial charge on any atom is -0.484 e. The van der Waals surface area contributed by atoms with Gasteiger partial charge < -0.3 is 40.0 Å². The Balaban J connectivity index is 1.22. The summed E-state index contributed by atoms with van der Waals surface area (Å²) >= 11 is 0. The second kappa shape index (κ2) is 17.2. The van der Waals surface area contributed by atoms with Crippen LogP contribution < -0.4 is 20.7 Å². The number of methoxy groups -OCH3 is 1. The van der Waals surface area contributed by atoms with Gasteiger partial charge in [-0.3, -0.25) is 19.2 Å². The molecule has 5 rings (SSSR count). The van der Waals surface area contributed by atoms with Crippen LogP contribution >= 0.6 is 0 Å². The fourth-order valence-electron chi connectivity index (χ4n) is 6.42. The zero-order valence-corrected chi connectivity index (χ0v) is 27.2. The zero-order chi connectivity index (χ0) is 33.0. The fourth-order valence-corrected chi connectivity index (χ4v) is 6.42. The minimum absolute atomic E-state index is 0.0675. The topological polar surface area (TPSA) is 139 Å². The van der Waals surface area contributed by atoms with E-state index in [0.29, 0.717) is 51.2 Å². The number of rotatable bonds is 11. The maximum absolute atomic E-state index is 13.5. The molecule has 0 spiro atoms. The summed E-state index contributed by atoms with van der Waals surface area (Å²) < 4.78 is 16.5. The van der Waals surface area contributed by atoms with Crippen molar-refractivity contribution in [2.24, 2.45) is 0 Å². The molecule has 0 bridgehead atoms. The van der Waals surface area contributed by atoms with Crippen LogP contribution in [0.4, 0.5) is 0 Å². The van der Waals surface area contributed by atoms with Gasteiger partial charge in [-0.2, -0.15) is 0 Å². The van der Waals surface area contributed by atoms with Crippen LogP contribution in [0.15, 0.2) is 48.5 Å². The molecule has 3 heterocycles. The van der Waals surface area contributed by atoms with Crippen LogP contribution in [0.1, 0.15) is 42.4 Å². The molecular formula is C35H47N5O7. The van der Waals surface area contributed by atoms with E-state index in [-0.39, 0.29) is 56.3 Å². The van der Waals surface area contributed by atoms with Gasteiger partial charge in [0.1, 0.15) is 11.8 Å². The molecule has 12 nitrogen and oxygen atoms in total. The molecule has 47 heavy (non-hydrogen) atoms. The summed E-state index contributed by atoms with van der Waals surface area (Å²) in [5, 5.41) is 9.32. The summed E-state index contributed by atoms with van der Waals surface area (Å²) in [5.74, 6) is -0.384. The highest BCUT2D eigenvalue weighted by molar-refractivity contribution is 5.91. The van der Waals surface area contributed by atoms with E-state index in [1.165, 1.54) is 0 Å². The van der Waals surface area contributed by atoms with E-state index in [2.05, 4.69) is 16.0 Å². The number of amides is 4. The van der Waals surface area contributed by atoms with E-state index in [4.69, 9.17) is 14.2 Å². The maximum Gasteiger partial charge on any atom is 0.260 e. The van der Waals surface area contributed by atoms with Gasteiger partial charge in [0.25, 0.3) is 5.91 Å². The van der Waals surface area contributed by atoms with Crippen molar-refractivity contribution in [1.82, 2.24) is 25.8 Å². The van der Waals surface area contributed by atoms with Gasteiger partial charge in [-0.25, -0.2) is 0 Å². The van der Waals surface area contributed by atoms with E-state index in [1.54, 1.807) is 24.1 Å². The second-order valence-corrected chi connectivity index (χ2v) is 12.4. The van der Waals surface area contributed by atoms with Crippen molar-refractivity contribution >= 4 is 23.6 Å². The monoisotopic (exact) mass is 649 g/mol. The Morgan fingerprint density at radius 1 is 1.02 bits per heavy atom. The molecule has 0 aromatic heterocycles.